The van der Waals surface area contributed by atoms with Gasteiger partial charge >= 0.3 is 0 Å². The van der Waals surface area contributed by atoms with Gasteiger partial charge in [0.2, 0.25) is 0 Å². The third-order valence-electron chi connectivity index (χ3n) is 4.83. The number of halogens is 2. The highest BCUT2D eigenvalue weighted by atomic mass is 35.5. The standard InChI is InChI=1S/C21H22Cl2N2O5/c1-24(2)7-5-8-25-17(15-6-4-9-30-15)16(19(27)21(25)28)18(26)12-10-13(22)20(29-3)14(23)11-12/h4,6,9-11,17,26H,5,7-8H2,1-3H3/b18-16-. The number of aliphatic hydroxyl groups is 1. The number of amides is 1. The Balaban J connectivity index is 2.09. The monoisotopic (exact) mass is 452 g/mol. The van der Waals surface area contributed by atoms with Crippen LogP contribution in [0.25, 0.3) is 5.76 Å². The topological polar surface area (TPSA) is 83.2 Å². The van der Waals surface area contributed by atoms with Gasteiger partial charge in [-0.25, -0.2) is 0 Å². The van der Waals surface area contributed by atoms with Crippen LogP contribution in [0, 0.1) is 0 Å². The fourth-order valence-corrected chi connectivity index (χ4v) is 4.10. The van der Waals surface area contributed by atoms with Crippen molar-refractivity contribution in [1.29, 1.82) is 0 Å². The van der Waals surface area contributed by atoms with Crippen LogP contribution in [-0.2, 0) is 9.59 Å². The average molecular weight is 453 g/mol. The van der Waals surface area contributed by atoms with Crippen molar-refractivity contribution in [3.05, 3.63) is 57.5 Å². The summed E-state index contributed by atoms with van der Waals surface area (Å²) in [7, 11) is 5.27. The van der Waals surface area contributed by atoms with Gasteiger partial charge in [-0.15, -0.1) is 0 Å². The largest absolute Gasteiger partial charge is 0.507 e. The number of rotatable bonds is 7. The molecule has 2 aromatic rings. The van der Waals surface area contributed by atoms with Crippen molar-refractivity contribution >= 4 is 40.7 Å². The summed E-state index contributed by atoms with van der Waals surface area (Å²) < 4.78 is 10.6. The van der Waals surface area contributed by atoms with Gasteiger partial charge in [0, 0.05) is 12.1 Å². The number of carbonyl (C=O) groups is 2. The van der Waals surface area contributed by atoms with E-state index in [0.29, 0.717) is 18.7 Å². The number of benzene rings is 1. The van der Waals surface area contributed by atoms with E-state index in [1.165, 1.54) is 30.4 Å². The van der Waals surface area contributed by atoms with E-state index in [0.717, 1.165) is 6.54 Å². The minimum absolute atomic E-state index is 0.0721. The zero-order valence-corrected chi connectivity index (χ0v) is 18.3. The van der Waals surface area contributed by atoms with Gasteiger partial charge in [-0.05, 0) is 51.3 Å². The summed E-state index contributed by atoms with van der Waals surface area (Å²) >= 11 is 12.4. The molecule has 1 aromatic heterocycles. The summed E-state index contributed by atoms with van der Waals surface area (Å²) in [6.45, 7) is 1.06. The number of carbonyl (C=O) groups excluding carboxylic acids is 2. The van der Waals surface area contributed by atoms with Gasteiger partial charge in [0.05, 0.1) is 29.0 Å². The van der Waals surface area contributed by atoms with Gasteiger partial charge in [0.15, 0.2) is 5.75 Å². The van der Waals surface area contributed by atoms with Gasteiger partial charge < -0.3 is 24.1 Å². The summed E-state index contributed by atoms with van der Waals surface area (Å²) in [5, 5.41) is 11.3. The van der Waals surface area contributed by atoms with Crippen LogP contribution in [0.4, 0.5) is 0 Å². The number of likely N-dealkylation sites (tertiary alicyclic amines) is 1. The van der Waals surface area contributed by atoms with Gasteiger partial charge in [0.1, 0.15) is 17.6 Å². The highest BCUT2D eigenvalue weighted by molar-refractivity contribution is 6.46. The van der Waals surface area contributed by atoms with Crippen molar-refractivity contribution in [2.24, 2.45) is 0 Å². The second-order valence-electron chi connectivity index (χ2n) is 7.14. The zero-order valence-electron chi connectivity index (χ0n) is 16.8. The second-order valence-corrected chi connectivity index (χ2v) is 7.95. The SMILES string of the molecule is COc1c(Cl)cc(/C(O)=C2/C(=O)C(=O)N(CCCN(C)C)C2c2ccco2)cc1Cl. The molecule has 0 bridgehead atoms. The van der Waals surface area contributed by atoms with E-state index < -0.39 is 17.7 Å². The maximum Gasteiger partial charge on any atom is 0.295 e. The number of Topliss-reactive ketones (excluding diaryl/α,β-unsaturated/α-hetero) is 1. The molecule has 9 heteroatoms. The first-order valence-corrected chi connectivity index (χ1v) is 10.0. The maximum atomic E-state index is 12.9. The summed E-state index contributed by atoms with van der Waals surface area (Å²) in [4.78, 5) is 29.1. The molecule has 1 atom stereocenters. The molecule has 1 aliphatic rings. The number of hydrogen-bond donors (Lipinski definition) is 1. The molecule has 0 radical (unpaired) electrons. The molecule has 0 spiro atoms. The quantitative estimate of drug-likeness (QED) is 0.388. The van der Waals surface area contributed by atoms with Crippen LogP contribution in [0.2, 0.25) is 10.0 Å². The van der Waals surface area contributed by atoms with Gasteiger partial charge in [-0.3, -0.25) is 9.59 Å². The second kappa shape index (κ2) is 9.12. The highest BCUT2D eigenvalue weighted by Gasteiger charge is 2.47. The summed E-state index contributed by atoms with van der Waals surface area (Å²) in [5.41, 5.74) is 0.130. The smallest absolute Gasteiger partial charge is 0.295 e. The van der Waals surface area contributed by atoms with Crippen molar-refractivity contribution < 1.29 is 23.8 Å². The lowest BCUT2D eigenvalue weighted by Gasteiger charge is -2.24. The maximum absolute atomic E-state index is 12.9. The molecule has 0 saturated carbocycles. The normalized spacial score (nSPS) is 18.5. The Morgan fingerprint density at radius 1 is 1.27 bits per heavy atom. The predicted octanol–water partition coefficient (Wildman–Crippen LogP) is 3.97. The van der Waals surface area contributed by atoms with E-state index in [2.05, 4.69) is 0 Å². The Morgan fingerprint density at radius 3 is 2.47 bits per heavy atom. The van der Waals surface area contributed by atoms with Gasteiger partial charge in [0.25, 0.3) is 11.7 Å². The number of hydrogen-bond acceptors (Lipinski definition) is 6. The minimum atomic E-state index is -0.846. The number of methoxy groups -OCH3 is 1. The first kappa shape index (κ1) is 22.2. The van der Waals surface area contributed by atoms with Gasteiger partial charge in [-0.2, -0.15) is 0 Å². The van der Waals surface area contributed by atoms with Crippen molar-refractivity contribution in [3.8, 4) is 5.75 Å². The summed E-state index contributed by atoms with van der Waals surface area (Å²) in [6, 6.07) is 5.34. The molecule has 160 valence electrons. The Kier molecular flexibility index (Phi) is 6.75. The minimum Gasteiger partial charge on any atom is -0.507 e. The number of furan rings is 1. The molecule has 1 unspecified atom stereocenters. The fourth-order valence-electron chi connectivity index (χ4n) is 3.46. The van der Waals surface area contributed by atoms with Crippen LogP contribution in [0.5, 0.6) is 5.75 Å². The molecule has 30 heavy (non-hydrogen) atoms. The Bertz CT molecular complexity index is 962. The lowest BCUT2D eigenvalue weighted by atomic mass is 9.99. The Morgan fingerprint density at radius 2 is 1.93 bits per heavy atom. The zero-order chi connectivity index (χ0) is 22.0. The molecule has 1 saturated heterocycles. The van der Waals surface area contributed by atoms with Crippen LogP contribution in [0.15, 0.2) is 40.5 Å². The number of nitrogens with zero attached hydrogens (tertiary/aromatic N) is 2. The molecule has 1 aromatic carbocycles. The van der Waals surface area contributed by atoms with E-state index in [1.54, 1.807) is 12.1 Å². The summed E-state index contributed by atoms with van der Waals surface area (Å²) in [5.74, 6) is -1.23. The van der Waals surface area contributed by atoms with Crippen LogP contribution in [-0.4, -0.2) is 60.9 Å². The molecule has 0 aliphatic carbocycles. The lowest BCUT2D eigenvalue weighted by molar-refractivity contribution is -0.140. The van der Waals surface area contributed by atoms with Gasteiger partial charge in [-0.1, -0.05) is 23.2 Å². The van der Waals surface area contributed by atoms with Crippen LogP contribution >= 0.6 is 23.2 Å². The molecule has 1 aliphatic heterocycles. The predicted molar refractivity (Wildman–Crippen MR) is 114 cm³/mol. The van der Waals surface area contributed by atoms with E-state index in [-0.39, 0.29) is 32.7 Å². The molecule has 1 N–H and O–H groups in total. The Labute approximate surface area is 184 Å². The van der Waals surface area contributed by atoms with Crippen LogP contribution in [0.1, 0.15) is 23.8 Å². The van der Waals surface area contributed by atoms with E-state index in [9.17, 15) is 14.7 Å². The van der Waals surface area contributed by atoms with Crippen molar-refractivity contribution in [1.82, 2.24) is 9.80 Å². The number of aliphatic hydroxyl groups excluding tert-OH is 1. The molecule has 7 nitrogen and oxygen atoms in total. The average Bonchev–Trinajstić information content (AvgIpc) is 3.29. The van der Waals surface area contributed by atoms with Crippen molar-refractivity contribution in [3.63, 3.8) is 0 Å². The van der Waals surface area contributed by atoms with Crippen LogP contribution < -0.4 is 4.74 Å². The molecule has 1 amide bonds. The fraction of sp³-hybridized carbons (Fsp3) is 0.333. The molecule has 3 rings (SSSR count). The molecular weight excluding hydrogens is 431 g/mol. The third kappa shape index (κ3) is 4.19. The number of ketones is 1. The first-order valence-electron chi connectivity index (χ1n) is 9.26. The third-order valence-corrected chi connectivity index (χ3v) is 5.39. The lowest BCUT2D eigenvalue weighted by Crippen LogP contribution is -2.32. The first-order chi connectivity index (χ1) is 14.3. The molecule has 1 fully saturated rings. The van der Waals surface area contributed by atoms with E-state index >= 15 is 0 Å². The highest BCUT2D eigenvalue weighted by Crippen LogP contribution is 2.42. The Hall–Kier alpha value is -2.48. The number of ether oxygens (including phenoxy) is 1. The molecule has 2 heterocycles. The molecular formula is C21H22Cl2N2O5. The van der Waals surface area contributed by atoms with Crippen LogP contribution in [0.3, 0.4) is 0 Å². The van der Waals surface area contributed by atoms with E-state index in [1.807, 2.05) is 19.0 Å². The van der Waals surface area contributed by atoms with E-state index in [4.69, 9.17) is 32.4 Å². The van der Waals surface area contributed by atoms with Crippen molar-refractivity contribution in [2.45, 2.75) is 12.5 Å². The van der Waals surface area contributed by atoms with Crippen molar-refractivity contribution in [2.75, 3.05) is 34.3 Å². The summed E-state index contributed by atoms with van der Waals surface area (Å²) in [6.07, 6.45) is 2.11.